The maximum absolute atomic E-state index is 12.3. The van der Waals surface area contributed by atoms with Gasteiger partial charge in [-0.25, -0.2) is 0 Å². The lowest BCUT2D eigenvalue weighted by atomic mass is 10.1. The number of anilines is 1. The van der Waals surface area contributed by atoms with E-state index in [0.717, 1.165) is 4.47 Å². The lowest BCUT2D eigenvalue weighted by molar-refractivity contribution is 0.0831. The smallest absolute Gasteiger partial charge is 0.305 e. The molecule has 3 amide bonds. The molecule has 0 fully saturated rings. The van der Waals surface area contributed by atoms with Crippen molar-refractivity contribution in [3.63, 3.8) is 0 Å². The molecule has 0 saturated heterocycles. The van der Waals surface area contributed by atoms with Crippen molar-refractivity contribution in [3.8, 4) is 0 Å². The summed E-state index contributed by atoms with van der Waals surface area (Å²) in [6, 6.07) is 16.3. The molecule has 7 nitrogen and oxygen atoms in total. The Morgan fingerprint density at radius 3 is 2.22 bits per heavy atom. The molecule has 8 heteroatoms. The molecule has 1 heterocycles. The molecule has 0 unspecified atom stereocenters. The first-order chi connectivity index (χ1) is 13.0. The third kappa shape index (κ3) is 4.83. The van der Waals surface area contributed by atoms with Gasteiger partial charge in [0.25, 0.3) is 11.8 Å². The SMILES string of the molecule is O=C(NNC(=O)c1ccco1)c1cccc(NC(=O)c2ccc(Br)cc2)c1. The molecule has 3 N–H and O–H groups in total. The summed E-state index contributed by atoms with van der Waals surface area (Å²) in [6.45, 7) is 0. The van der Waals surface area contributed by atoms with Crippen LogP contribution in [0.3, 0.4) is 0 Å². The minimum atomic E-state index is -0.576. The lowest BCUT2D eigenvalue weighted by Gasteiger charge is -2.09. The van der Waals surface area contributed by atoms with Gasteiger partial charge in [-0.3, -0.25) is 25.2 Å². The summed E-state index contributed by atoms with van der Waals surface area (Å²) in [4.78, 5) is 36.2. The second kappa shape index (κ2) is 8.33. The van der Waals surface area contributed by atoms with Crippen molar-refractivity contribution >= 4 is 39.3 Å². The monoisotopic (exact) mass is 427 g/mol. The summed E-state index contributed by atoms with van der Waals surface area (Å²) >= 11 is 3.31. The van der Waals surface area contributed by atoms with Crippen molar-refractivity contribution in [1.29, 1.82) is 0 Å². The maximum atomic E-state index is 12.3. The molecule has 0 radical (unpaired) electrons. The molecule has 2 aromatic carbocycles. The first kappa shape index (κ1) is 18.4. The fourth-order valence-electron chi connectivity index (χ4n) is 2.20. The number of nitrogens with one attached hydrogen (secondary N) is 3. The maximum Gasteiger partial charge on any atom is 0.305 e. The molecule has 0 aliphatic heterocycles. The van der Waals surface area contributed by atoms with Crippen molar-refractivity contribution in [2.24, 2.45) is 0 Å². The van der Waals surface area contributed by atoms with Crippen LogP contribution in [0.4, 0.5) is 5.69 Å². The molecule has 1 aromatic heterocycles. The Labute approximate surface area is 162 Å². The van der Waals surface area contributed by atoms with E-state index >= 15 is 0 Å². The molecule has 0 aliphatic rings. The average Bonchev–Trinajstić information content (AvgIpc) is 3.21. The Morgan fingerprint density at radius 2 is 1.52 bits per heavy atom. The molecule has 3 aromatic rings. The Balaban J connectivity index is 1.62. The number of carbonyl (C=O) groups is 3. The number of halogens is 1. The van der Waals surface area contributed by atoms with Crippen LogP contribution in [-0.2, 0) is 0 Å². The van der Waals surface area contributed by atoms with E-state index in [2.05, 4.69) is 32.1 Å². The van der Waals surface area contributed by atoms with Gasteiger partial charge >= 0.3 is 5.91 Å². The van der Waals surface area contributed by atoms with Crippen molar-refractivity contribution in [1.82, 2.24) is 10.9 Å². The topological polar surface area (TPSA) is 100 Å². The van der Waals surface area contributed by atoms with E-state index in [1.165, 1.54) is 18.4 Å². The number of carbonyl (C=O) groups excluding carboxylic acids is 3. The first-order valence-corrected chi connectivity index (χ1v) is 8.63. The molecule has 0 bridgehead atoms. The van der Waals surface area contributed by atoms with E-state index in [4.69, 9.17) is 4.42 Å². The summed E-state index contributed by atoms with van der Waals surface area (Å²) in [6.07, 6.45) is 1.36. The predicted molar refractivity (Wildman–Crippen MR) is 102 cm³/mol. The van der Waals surface area contributed by atoms with Gasteiger partial charge in [0.2, 0.25) is 0 Å². The normalized spacial score (nSPS) is 10.1. The van der Waals surface area contributed by atoms with Crippen LogP contribution in [-0.4, -0.2) is 17.7 Å². The van der Waals surface area contributed by atoms with Crippen LogP contribution < -0.4 is 16.2 Å². The molecule has 3 rings (SSSR count). The van der Waals surface area contributed by atoms with Crippen LogP contribution in [0.2, 0.25) is 0 Å². The highest BCUT2D eigenvalue weighted by atomic mass is 79.9. The zero-order valence-corrected chi connectivity index (χ0v) is 15.4. The third-order valence-electron chi connectivity index (χ3n) is 3.52. The van der Waals surface area contributed by atoms with Gasteiger partial charge < -0.3 is 9.73 Å². The average molecular weight is 428 g/mol. The van der Waals surface area contributed by atoms with Gasteiger partial charge in [0.1, 0.15) is 0 Å². The highest BCUT2D eigenvalue weighted by Gasteiger charge is 2.12. The molecule has 136 valence electrons. The van der Waals surface area contributed by atoms with Crippen LogP contribution in [0.5, 0.6) is 0 Å². The first-order valence-electron chi connectivity index (χ1n) is 7.84. The Bertz CT molecular complexity index is 969. The van der Waals surface area contributed by atoms with Crippen LogP contribution in [0.25, 0.3) is 0 Å². The van der Waals surface area contributed by atoms with Crippen molar-refractivity contribution in [2.75, 3.05) is 5.32 Å². The number of benzene rings is 2. The summed E-state index contributed by atoms with van der Waals surface area (Å²) in [5.41, 5.74) is 5.74. The fourth-order valence-corrected chi connectivity index (χ4v) is 2.46. The quantitative estimate of drug-likeness (QED) is 0.555. The number of rotatable bonds is 4. The van der Waals surface area contributed by atoms with Gasteiger partial charge in [-0.1, -0.05) is 22.0 Å². The van der Waals surface area contributed by atoms with Gasteiger partial charge in [-0.05, 0) is 54.6 Å². The second-order valence-corrected chi connectivity index (χ2v) is 6.34. The van der Waals surface area contributed by atoms with Gasteiger partial charge in [0, 0.05) is 21.3 Å². The van der Waals surface area contributed by atoms with Crippen LogP contribution >= 0.6 is 15.9 Å². The third-order valence-corrected chi connectivity index (χ3v) is 4.05. The van der Waals surface area contributed by atoms with Crippen molar-refractivity contribution < 1.29 is 18.8 Å². The van der Waals surface area contributed by atoms with Crippen LogP contribution in [0, 0.1) is 0 Å². The highest BCUT2D eigenvalue weighted by Crippen LogP contribution is 2.14. The molecular weight excluding hydrogens is 414 g/mol. The largest absolute Gasteiger partial charge is 0.459 e. The zero-order chi connectivity index (χ0) is 19.2. The van der Waals surface area contributed by atoms with Crippen molar-refractivity contribution in [2.45, 2.75) is 0 Å². The van der Waals surface area contributed by atoms with Gasteiger partial charge in [0.15, 0.2) is 5.76 Å². The lowest BCUT2D eigenvalue weighted by Crippen LogP contribution is -2.41. The zero-order valence-electron chi connectivity index (χ0n) is 13.9. The molecule has 0 atom stereocenters. The number of furan rings is 1. The molecule has 27 heavy (non-hydrogen) atoms. The standard InChI is InChI=1S/C19H14BrN3O4/c20-14-8-6-12(7-9-14)17(24)21-15-4-1-3-13(11-15)18(25)22-23-19(26)16-5-2-10-27-16/h1-11H,(H,21,24)(H,22,25)(H,23,26). The van der Waals surface area contributed by atoms with Gasteiger partial charge in [-0.2, -0.15) is 0 Å². The van der Waals surface area contributed by atoms with Gasteiger partial charge in [-0.15, -0.1) is 0 Å². The van der Waals surface area contributed by atoms with E-state index in [9.17, 15) is 14.4 Å². The van der Waals surface area contributed by atoms with E-state index in [-0.39, 0.29) is 17.2 Å². The van der Waals surface area contributed by atoms with E-state index in [1.807, 2.05) is 0 Å². The van der Waals surface area contributed by atoms with Crippen molar-refractivity contribution in [3.05, 3.63) is 88.3 Å². The molecule has 0 saturated carbocycles. The fraction of sp³-hybridized carbons (Fsp3) is 0. The number of hydrogen-bond donors (Lipinski definition) is 3. The van der Waals surface area contributed by atoms with E-state index in [0.29, 0.717) is 11.3 Å². The summed E-state index contributed by atoms with van der Waals surface area (Å²) in [5, 5.41) is 2.72. The van der Waals surface area contributed by atoms with Crippen LogP contribution in [0.1, 0.15) is 31.3 Å². The summed E-state index contributed by atoms with van der Waals surface area (Å²) in [5.74, 6) is -1.33. The molecule has 0 spiro atoms. The summed E-state index contributed by atoms with van der Waals surface area (Å²) < 4.78 is 5.80. The Kier molecular flexibility index (Phi) is 5.68. The Morgan fingerprint density at radius 1 is 0.778 bits per heavy atom. The molecule has 0 aliphatic carbocycles. The van der Waals surface area contributed by atoms with Crippen LogP contribution in [0.15, 0.2) is 75.8 Å². The minimum Gasteiger partial charge on any atom is -0.459 e. The molecular formula is C19H14BrN3O4. The second-order valence-electron chi connectivity index (χ2n) is 5.43. The highest BCUT2D eigenvalue weighted by molar-refractivity contribution is 9.10. The number of amides is 3. The minimum absolute atomic E-state index is 0.0748. The summed E-state index contributed by atoms with van der Waals surface area (Å²) in [7, 11) is 0. The predicted octanol–water partition coefficient (Wildman–Crippen LogP) is 3.37. The van der Waals surface area contributed by atoms with Gasteiger partial charge in [0.05, 0.1) is 6.26 Å². The van der Waals surface area contributed by atoms with E-state index in [1.54, 1.807) is 48.5 Å². The number of hydrogen-bond acceptors (Lipinski definition) is 4. The number of hydrazine groups is 1. The van der Waals surface area contributed by atoms with E-state index < -0.39 is 11.8 Å². The Hall–Kier alpha value is -3.39.